The molecule has 1 heterocycles. The van der Waals surface area contributed by atoms with Crippen LogP contribution >= 0.6 is 0 Å². The van der Waals surface area contributed by atoms with Crippen molar-refractivity contribution in [3.63, 3.8) is 0 Å². The Hall–Kier alpha value is -1.39. The highest BCUT2D eigenvalue weighted by Crippen LogP contribution is 2.20. The molecule has 1 atom stereocenters. The predicted octanol–water partition coefficient (Wildman–Crippen LogP) is 1.86. The Balaban J connectivity index is 1.75. The van der Waals surface area contributed by atoms with Crippen molar-refractivity contribution in [1.29, 1.82) is 0 Å². The van der Waals surface area contributed by atoms with E-state index in [-0.39, 0.29) is 5.91 Å². The van der Waals surface area contributed by atoms with E-state index in [9.17, 15) is 9.90 Å². The average molecular weight is 262 g/mol. The van der Waals surface area contributed by atoms with Crippen molar-refractivity contribution in [2.75, 3.05) is 25.0 Å². The molecule has 1 fully saturated rings. The number of benzene rings is 1. The van der Waals surface area contributed by atoms with E-state index in [1.54, 1.807) is 0 Å². The van der Waals surface area contributed by atoms with Crippen LogP contribution in [-0.2, 0) is 4.79 Å². The monoisotopic (exact) mass is 262 g/mol. The van der Waals surface area contributed by atoms with Gasteiger partial charge >= 0.3 is 0 Å². The Kier molecular flexibility index (Phi) is 4.56. The SMILES string of the molecule is CC1(O)CCCN(CCC(=O)Nc2ccccc2)C1. The third kappa shape index (κ3) is 4.65. The fourth-order valence-electron chi connectivity index (χ4n) is 2.52. The quantitative estimate of drug-likeness (QED) is 0.871. The number of piperidine rings is 1. The van der Waals surface area contributed by atoms with Gasteiger partial charge in [0, 0.05) is 25.2 Å². The minimum atomic E-state index is -0.603. The number of aliphatic hydroxyl groups is 1. The molecule has 4 nitrogen and oxygen atoms in total. The summed E-state index contributed by atoms with van der Waals surface area (Å²) in [6.45, 7) is 4.19. The fourth-order valence-corrected chi connectivity index (χ4v) is 2.52. The summed E-state index contributed by atoms with van der Waals surface area (Å²) in [6, 6.07) is 9.48. The molecule has 1 aromatic carbocycles. The summed E-state index contributed by atoms with van der Waals surface area (Å²) < 4.78 is 0. The van der Waals surface area contributed by atoms with Crippen molar-refractivity contribution in [3.8, 4) is 0 Å². The molecular formula is C15H22N2O2. The number of anilines is 1. The molecule has 1 saturated heterocycles. The van der Waals surface area contributed by atoms with Gasteiger partial charge in [-0.05, 0) is 38.4 Å². The summed E-state index contributed by atoms with van der Waals surface area (Å²) in [7, 11) is 0. The van der Waals surface area contributed by atoms with E-state index in [2.05, 4.69) is 10.2 Å². The zero-order chi connectivity index (χ0) is 13.7. The minimum absolute atomic E-state index is 0.0245. The summed E-state index contributed by atoms with van der Waals surface area (Å²) in [5.41, 5.74) is 0.229. The number of likely N-dealkylation sites (tertiary alicyclic amines) is 1. The lowest BCUT2D eigenvalue weighted by Gasteiger charge is -2.36. The van der Waals surface area contributed by atoms with Gasteiger partial charge in [-0.25, -0.2) is 0 Å². The Morgan fingerprint density at radius 1 is 1.42 bits per heavy atom. The van der Waals surface area contributed by atoms with E-state index in [1.165, 1.54) is 0 Å². The summed E-state index contributed by atoms with van der Waals surface area (Å²) in [5, 5.41) is 12.9. The smallest absolute Gasteiger partial charge is 0.225 e. The molecule has 0 spiro atoms. The molecule has 4 heteroatoms. The third-order valence-electron chi connectivity index (χ3n) is 3.47. The van der Waals surface area contributed by atoms with Crippen LogP contribution in [0.3, 0.4) is 0 Å². The number of carbonyl (C=O) groups excluding carboxylic acids is 1. The summed E-state index contributed by atoms with van der Waals surface area (Å²) in [4.78, 5) is 14.0. The number of para-hydroxylation sites is 1. The van der Waals surface area contributed by atoms with Gasteiger partial charge in [0.1, 0.15) is 0 Å². The van der Waals surface area contributed by atoms with Gasteiger partial charge in [0.25, 0.3) is 0 Å². The van der Waals surface area contributed by atoms with Crippen LogP contribution in [0.4, 0.5) is 5.69 Å². The lowest BCUT2D eigenvalue weighted by molar-refractivity contribution is -0.117. The Labute approximate surface area is 114 Å². The van der Waals surface area contributed by atoms with E-state index in [0.29, 0.717) is 19.5 Å². The van der Waals surface area contributed by atoms with E-state index in [4.69, 9.17) is 0 Å². The zero-order valence-corrected chi connectivity index (χ0v) is 11.4. The van der Waals surface area contributed by atoms with Crippen molar-refractivity contribution in [3.05, 3.63) is 30.3 Å². The summed E-state index contributed by atoms with van der Waals surface area (Å²) in [5.74, 6) is 0.0245. The molecule has 1 unspecified atom stereocenters. The fraction of sp³-hybridized carbons (Fsp3) is 0.533. The van der Waals surface area contributed by atoms with Crippen molar-refractivity contribution < 1.29 is 9.90 Å². The van der Waals surface area contributed by atoms with E-state index >= 15 is 0 Å². The second-order valence-electron chi connectivity index (χ2n) is 5.54. The van der Waals surface area contributed by atoms with Gasteiger partial charge in [0.2, 0.25) is 5.91 Å². The van der Waals surface area contributed by atoms with Gasteiger partial charge < -0.3 is 10.4 Å². The lowest BCUT2D eigenvalue weighted by atomic mass is 9.95. The topological polar surface area (TPSA) is 52.6 Å². The minimum Gasteiger partial charge on any atom is -0.389 e. The standard InChI is InChI=1S/C15H22N2O2/c1-15(19)9-5-10-17(12-15)11-8-14(18)16-13-6-3-2-4-7-13/h2-4,6-7,19H,5,8-12H2,1H3,(H,16,18). The summed E-state index contributed by atoms with van der Waals surface area (Å²) >= 11 is 0. The Morgan fingerprint density at radius 2 is 2.16 bits per heavy atom. The first-order valence-corrected chi connectivity index (χ1v) is 6.85. The predicted molar refractivity (Wildman–Crippen MR) is 76.0 cm³/mol. The van der Waals surface area contributed by atoms with Gasteiger partial charge in [-0.2, -0.15) is 0 Å². The highest BCUT2D eigenvalue weighted by Gasteiger charge is 2.28. The van der Waals surface area contributed by atoms with E-state index in [0.717, 1.165) is 25.1 Å². The second kappa shape index (κ2) is 6.17. The first-order chi connectivity index (χ1) is 9.05. The first kappa shape index (κ1) is 14.0. The molecule has 104 valence electrons. The highest BCUT2D eigenvalue weighted by molar-refractivity contribution is 5.90. The molecule has 1 aliphatic rings. The van der Waals surface area contributed by atoms with Gasteiger partial charge in [-0.3, -0.25) is 9.69 Å². The molecule has 0 saturated carbocycles. The molecule has 2 N–H and O–H groups in total. The lowest BCUT2D eigenvalue weighted by Crippen LogP contribution is -2.46. The highest BCUT2D eigenvalue weighted by atomic mass is 16.3. The Morgan fingerprint density at radius 3 is 2.84 bits per heavy atom. The zero-order valence-electron chi connectivity index (χ0n) is 11.4. The van der Waals surface area contributed by atoms with Crippen molar-refractivity contribution in [2.24, 2.45) is 0 Å². The molecule has 1 aliphatic heterocycles. The molecular weight excluding hydrogens is 240 g/mol. The number of carbonyl (C=O) groups is 1. The van der Waals surface area contributed by atoms with Gasteiger partial charge in [-0.15, -0.1) is 0 Å². The molecule has 0 radical (unpaired) electrons. The average Bonchev–Trinajstić information content (AvgIpc) is 2.36. The second-order valence-corrected chi connectivity index (χ2v) is 5.54. The Bertz CT molecular complexity index is 417. The van der Waals surface area contributed by atoms with Gasteiger partial charge in [0.05, 0.1) is 5.60 Å². The van der Waals surface area contributed by atoms with Gasteiger partial charge in [-0.1, -0.05) is 18.2 Å². The number of rotatable bonds is 4. The molecule has 2 rings (SSSR count). The molecule has 1 aromatic rings. The molecule has 1 amide bonds. The van der Waals surface area contributed by atoms with E-state index < -0.39 is 5.60 Å². The normalized spacial score (nSPS) is 24.1. The van der Waals surface area contributed by atoms with Crippen LogP contribution < -0.4 is 5.32 Å². The third-order valence-corrected chi connectivity index (χ3v) is 3.47. The number of hydrogen-bond donors (Lipinski definition) is 2. The maximum absolute atomic E-state index is 11.8. The van der Waals surface area contributed by atoms with Crippen molar-refractivity contribution in [1.82, 2.24) is 4.90 Å². The van der Waals surface area contributed by atoms with Crippen LogP contribution in [-0.4, -0.2) is 41.1 Å². The molecule has 0 aliphatic carbocycles. The number of amides is 1. The summed E-state index contributed by atoms with van der Waals surface area (Å²) in [6.07, 6.45) is 2.30. The van der Waals surface area contributed by atoms with Crippen LogP contribution in [0.2, 0.25) is 0 Å². The number of β-amino-alcohol motifs (C(OH)–C–C–N with tert-alkyl or cyclic N) is 1. The van der Waals surface area contributed by atoms with E-state index in [1.807, 2.05) is 37.3 Å². The number of hydrogen-bond acceptors (Lipinski definition) is 3. The molecule has 19 heavy (non-hydrogen) atoms. The first-order valence-electron chi connectivity index (χ1n) is 6.85. The van der Waals surface area contributed by atoms with Crippen molar-refractivity contribution in [2.45, 2.75) is 31.8 Å². The van der Waals surface area contributed by atoms with Crippen LogP contribution in [0.1, 0.15) is 26.2 Å². The number of nitrogens with one attached hydrogen (secondary N) is 1. The molecule has 0 aromatic heterocycles. The maximum atomic E-state index is 11.8. The van der Waals surface area contributed by atoms with Crippen molar-refractivity contribution >= 4 is 11.6 Å². The van der Waals surface area contributed by atoms with Gasteiger partial charge in [0.15, 0.2) is 0 Å². The van der Waals surface area contributed by atoms with Crippen LogP contribution in [0.15, 0.2) is 30.3 Å². The largest absolute Gasteiger partial charge is 0.389 e. The maximum Gasteiger partial charge on any atom is 0.225 e. The molecule has 0 bridgehead atoms. The van der Waals surface area contributed by atoms with Crippen LogP contribution in [0.5, 0.6) is 0 Å². The van der Waals surface area contributed by atoms with Crippen LogP contribution in [0.25, 0.3) is 0 Å². The van der Waals surface area contributed by atoms with Crippen LogP contribution in [0, 0.1) is 0 Å². The number of nitrogens with zero attached hydrogens (tertiary/aromatic N) is 1.